The molecule has 0 spiro atoms. The summed E-state index contributed by atoms with van der Waals surface area (Å²) in [4.78, 5) is 0. The minimum atomic E-state index is -5.62. The Morgan fingerprint density at radius 1 is 0.240 bits per heavy atom. The molecule has 0 fully saturated rings. The summed E-state index contributed by atoms with van der Waals surface area (Å²) in [7, 11) is 0. The van der Waals surface area contributed by atoms with E-state index in [4.69, 9.17) is 50.4 Å². The second-order valence-corrected chi connectivity index (χ2v) is 5.89. The van der Waals surface area contributed by atoms with Crippen molar-refractivity contribution >= 4 is 0 Å². The third-order valence-electron chi connectivity index (χ3n) is 0. The molecule has 25 heteroatoms. The van der Waals surface area contributed by atoms with Crippen molar-refractivity contribution in [1.82, 2.24) is 0 Å². The van der Waals surface area contributed by atoms with Crippen LogP contribution in [0.1, 0.15) is 0 Å². The topological polar surface area (TPSA) is 560 Å². The molecule has 21 nitrogen and oxygen atoms in total. The van der Waals surface area contributed by atoms with Gasteiger partial charge in [0.05, 0.1) is 42.3 Å². The quantitative estimate of drug-likeness (QED) is 0.230. The van der Waals surface area contributed by atoms with Gasteiger partial charge in [0.2, 0.25) is 0 Å². The second-order valence-electron chi connectivity index (χ2n) is 1.13. The molecule has 0 aromatic rings. The van der Waals surface area contributed by atoms with E-state index < -0.39 is 42.3 Å². The maximum absolute atomic E-state index is 8.58. The van der Waals surface area contributed by atoms with E-state index in [1.807, 2.05) is 0 Å². The van der Waals surface area contributed by atoms with Gasteiger partial charge >= 0.3 is 32.7 Å². The predicted octanol–water partition coefficient (Wildman–Crippen LogP) is -21.7. The van der Waals surface area contributed by atoms with Crippen molar-refractivity contribution in [2.45, 2.75) is 0 Å². The zero-order chi connectivity index (χ0) is 13.5. The molecule has 0 rings (SSSR count). The second kappa shape index (κ2) is 40.4. The Morgan fingerprint density at radius 2 is 0.240 bits per heavy atom. The molecule has 25 heavy (non-hydrogen) atoms. The van der Waals surface area contributed by atoms with Gasteiger partial charge in [-0.25, -0.2) is 0 Å². The molecule has 0 aromatic carbocycles. The molecule has 0 atom stereocenters. The molecule has 0 aliphatic rings. The van der Waals surface area contributed by atoms with Gasteiger partial charge in [-0.1, -0.05) is 0 Å². The van der Waals surface area contributed by atoms with Gasteiger partial charge in [0.25, 0.3) is 0 Å². The van der Waals surface area contributed by atoms with Gasteiger partial charge in [0.15, 0.2) is 0 Å². The maximum atomic E-state index is 8.58. The normalized spacial score (nSPS) is 7.20. The number of hydrogen-bond acceptors (Lipinski definition) is 12. The summed E-state index contributed by atoms with van der Waals surface area (Å²) >= 11 is -16.9. The Kier molecular flexibility index (Phi) is 152. The molecular formula is H18Br3O21Y. The zero-order valence-corrected chi connectivity index (χ0v) is 18.7. The maximum Gasteiger partial charge on any atom is 3.00 e. The molecule has 0 aromatic heterocycles. The molecule has 0 radical (unpaired) electrons. The van der Waals surface area contributed by atoms with E-state index in [0.29, 0.717) is 0 Å². The molecular weight excluding hydrogens is 665 g/mol. The summed E-state index contributed by atoms with van der Waals surface area (Å²) in [5, 5.41) is 0. The summed E-state index contributed by atoms with van der Waals surface area (Å²) in [5.74, 6) is 0. The van der Waals surface area contributed by atoms with Crippen LogP contribution in [0.15, 0.2) is 0 Å². The van der Waals surface area contributed by atoms with Gasteiger partial charge < -0.3 is 49.3 Å². The van der Waals surface area contributed by atoms with Crippen LogP contribution in [0, 0.1) is 42.3 Å². The Morgan fingerprint density at radius 3 is 0.240 bits per heavy atom. The summed E-state index contributed by atoms with van der Waals surface area (Å²) in [6, 6.07) is 0. The third kappa shape index (κ3) is 4970. The Labute approximate surface area is 173 Å². The SMILES string of the molecule is O.O.O.O.O.O.O.O.O.[O-][Br+3]([O-])([O-])[O-].[O-][Br+3]([O-])([O-])[O-].[O-][Br+3]([O-])([O-])[O-].[Y+3]. The minimum absolute atomic E-state index is 0. The molecule has 0 heterocycles. The Hall–Kier alpha value is 1.70. The summed E-state index contributed by atoms with van der Waals surface area (Å²) in [5.41, 5.74) is 0. The van der Waals surface area contributed by atoms with E-state index >= 15 is 0 Å². The molecule has 0 unspecified atom stereocenters. The molecule has 0 amide bonds. The first-order valence-corrected chi connectivity index (χ1v) is 9.62. The van der Waals surface area contributed by atoms with Gasteiger partial charge in [-0.15, -0.1) is 0 Å². The smallest absolute Gasteiger partial charge is 0.412 e. The Balaban J connectivity index is -0.00000000655. The number of halogens is 3. The number of rotatable bonds is 0. The summed E-state index contributed by atoms with van der Waals surface area (Å²) in [6.07, 6.45) is 0. The first-order valence-electron chi connectivity index (χ1n) is 1.85. The first-order chi connectivity index (χ1) is 6.00. The minimum Gasteiger partial charge on any atom is -0.412 e. The predicted molar refractivity (Wildman–Crippen MR) is 32.5 cm³/mol. The fraction of sp³-hybridized carbons (Fsp3) is 0. The fourth-order valence-corrected chi connectivity index (χ4v) is 0. The van der Waals surface area contributed by atoms with Crippen molar-refractivity contribution in [3.8, 4) is 0 Å². The fourth-order valence-electron chi connectivity index (χ4n) is 0. The third-order valence-corrected chi connectivity index (χ3v) is 0. The van der Waals surface area contributed by atoms with Gasteiger partial charge in [-0.2, -0.15) is 0 Å². The van der Waals surface area contributed by atoms with Crippen LogP contribution >= 0.6 is 0 Å². The zero-order valence-electron chi connectivity index (χ0n) is 11.1. The summed E-state index contributed by atoms with van der Waals surface area (Å²) in [6.45, 7) is 0. The molecule has 168 valence electrons. The number of hydrogen-bond donors (Lipinski definition) is 0. The van der Waals surface area contributed by atoms with Crippen LogP contribution in [0.3, 0.4) is 0 Å². The molecule has 0 aliphatic carbocycles. The molecule has 0 bridgehead atoms. The molecule has 0 saturated carbocycles. The van der Waals surface area contributed by atoms with Crippen molar-refractivity contribution in [2.24, 2.45) is 0 Å². The average Bonchev–Trinajstić information content (AvgIpc) is 1.41. The van der Waals surface area contributed by atoms with Crippen LogP contribution in [0.4, 0.5) is 0 Å². The molecule has 0 saturated heterocycles. The van der Waals surface area contributed by atoms with Gasteiger partial charge in [0.1, 0.15) is 0 Å². The van der Waals surface area contributed by atoms with E-state index in [9.17, 15) is 0 Å². The van der Waals surface area contributed by atoms with Crippen LogP contribution in [0.5, 0.6) is 0 Å². The molecule has 0 aliphatic heterocycles. The van der Waals surface area contributed by atoms with Crippen molar-refractivity contribution in [3.05, 3.63) is 0 Å². The van der Waals surface area contributed by atoms with Crippen molar-refractivity contribution in [1.29, 1.82) is 0 Å². The van der Waals surface area contributed by atoms with E-state index in [0.717, 1.165) is 0 Å². The van der Waals surface area contributed by atoms with Crippen LogP contribution < -0.4 is 50.4 Å². The van der Waals surface area contributed by atoms with Gasteiger partial charge in [-0.3, -0.25) is 50.4 Å². The largest absolute Gasteiger partial charge is 3.00 e. The van der Waals surface area contributed by atoms with Crippen molar-refractivity contribution in [3.63, 3.8) is 0 Å². The van der Waals surface area contributed by atoms with E-state index in [1.165, 1.54) is 0 Å². The van der Waals surface area contributed by atoms with Crippen LogP contribution in [-0.2, 0) is 32.7 Å². The van der Waals surface area contributed by atoms with Crippen molar-refractivity contribution in [2.75, 3.05) is 0 Å². The van der Waals surface area contributed by atoms with Crippen molar-refractivity contribution < 1.29 is 175 Å². The van der Waals surface area contributed by atoms with E-state index in [-0.39, 0.29) is 82.0 Å². The standard InChI is InChI=1S/3BrO4.9H2O.Y/c3*2-1(3,4)5;;;;;;;;;;/h;;;9*1H2;/q3*-1;;;;;;;;;;+3. The van der Waals surface area contributed by atoms with Crippen LogP contribution in [0.2, 0.25) is 0 Å². The first kappa shape index (κ1) is 93.9. The van der Waals surface area contributed by atoms with Gasteiger partial charge in [0, 0.05) is 0 Å². The summed E-state index contributed by atoms with van der Waals surface area (Å²) < 4.78 is 103. The Bertz CT molecular complexity index is 94.2. The van der Waals surface area contributed by atoms with E-state index in [1.54, 1.807) is 0 Å². The molecule has 18 N–H and O–H groups in total. The monoisotopic (exact) mass is 680 g/mol. The van der Waals surface area contributed by atoms with Crippen LogP contribution in [0.25, 0.3) is 0 Å². The average molecular weight is 683 g/mol. The van der Waals surface area contributed by atoms with Gasteiger partial charge in [-0.05, 0) is 0 Å². The van der Waals surface area contributed by atoms with Crippen LogP contribution in [-0.4, -0.2) is 49.3 Å². The van der Waals surface area contributed by atoms with E-state index in [2.05, 4.69) is 0 Å².